The van der Waals surface area contributed by atoms with Crippen molar-refractivity contribution in [3.05, 3.63) is 29.8 Å². The predicted octanol–water partition coefficient (Wildman–Crippen LogP) is 1.86. The summed E-state index contributed by atoms with van der Waals surface area (Å²) in [5, 5.41) is 2.57. The average Bonchev–Trinajstić information content (AvgIpc) is 2.23. The maximum absolute atomic E-state index is 11.1. The van der Waals surface area contributed by atoms with Crippen LogP contribution >= 0.6 is 11.6 Å². The Morgan fingerprint density at radius 1 is 1.47 bits per heavy atom. The van der Waals surface area contributed by atoms with Crippen LogP contribution in [0.1, 0.15) is 5.56 Å². The molecule has 0 bridgehead atoms. The number of carbonyl (C=O) groups is 1. The molecule has 0 unspecified atom stereocenters. The zero-order chi connectivity index (χ0) is 11.1. The van der Waals surface area contributed by atoms with Crippen molar-refractivity contribution in [1.82, 2.24) is 10.7 Å². The van der Waals surface area contributed by atoms with Gasteiger partial charge < -0.3 is 5.32 Å². The van der Waals surface area contributed by atoms with E-state index in [4.69, 9.17) is 11.6 Å². The molecule has 5 heteroatoms. The summed E-state index contributed by atoms with van der Waals surface area (Å²) in [6, 6.07) is 7.41. The van der Waals surface area contributed by atoms with Crippen LogP contribution in [0.2, 0.25) is 0 Å². The molecule has 0 saturated carbocycles. The fraction of sp³-hybridized carbons (Fsp3) is 0.300. The second kappa shape index (κ2) is 6.14. The summed E-state index contributed by atoms with van der Waals surface area (Å²) in [7, 11) is 0. The largest absolute Gasteiger partial charge is 0.336 e. The van der Waals surface area contributed by atoms with Crippen molar-refractivity contribution in [3.8, 4) is 0 Å². The van der Waals surface area contributed by atoms with Gasteiger partial charge in [-0.25, -0.2) is 4.79 Å². The number of anilines is 1. The molecule has 0 aromatic heterocycles. The fourth-order valence-corrected chi connectivity index (χ4v) is 1.15. The topological polar surface area (TPSA) is 53.2 Å². The Bertz CT molecular complexity index is 330. The molecule has 1 aromatic carbocycles. The molecule has 0 radical (unpaired) electrons. The van der Waals surface area contributed by atoms with Crippen molar-refractivity contribution in [2.24, 2.45) is 0 Å². The number of hydrogen-bond donors (Lipinski definition) is 3. The third-order valence-electron chi connectivity index (χ3n) is 1.72. The maximum atomic E-state index is 11.1. The second-order valence-corrected chi connectivity index (χ2v) is 3.44. The number of rotatable bonds is 4. The van der Waals surface area contributed by atoms with E-state index in [0.29, 0.717) is 12.4 Å². The minimum absolute atomic E-state index is 0.294. The van der Waals surface area contributed by atoms with Gasteiger partial charge in [-0.3, -0.25) is 10.9 Å². The molecule has 15 heavy (non-hydrogen) atoms. The summed E-state index contributed by atoms with van der Waals surface area (Å²) in [4.78, 5) is 11.1. The average molecular weight is 228 g/mol. The normalized spacial score (nSPS) is 9.47. The van der Waals surface area contributed by atoms with Crippen LogP contribution in [0.3, 0.4) is 0 Å². The van der Waals surface area contributed by atoms with Crippen LogP contribution in [0.25, 0.3) is 0 Å². The first-order valence-corrected chi connectivity index (χ1v) is 5.18. The quantitative estimate of drug-likeness (QED) is 0.543. The molecule has 0 heterocycles. The third-order valence-corrected chi connectivity index (χ3v) is 1.91. The van der Waals surface area contributed by atoms with E-state index in [0.717, 1.165) is 11.3 Å². The lowest BCUT2D eigenvalue weighted by molar-refractivity contribution is 0.243. The predicted molar refractivity (Wildman–Crippen MR) is 62.1 cm³/mol. The van der Waals surface area contributed by atoms with Crippen LogP contribution in [0, 0.1) is 6.92 Å². The summed E-state index contributed by atoms with van der Waals surface area (Å²) in [5.74, 6) is 0.401. The molecule has 2 amide bonds. The zero-order valence-electron chi connectivity index (χ0n) is 8.51. The summed E-state index contributed by atoms with van der Waals surface area (Å²) >= 11 is 5.42. The van der Waals surface area contributed by atoms with Gasteiger partial charge in [0.05, 0.1) is 5.69 Å². The Kier molecular flexibility index (Phi) is 4.77. The van der Waals surface area contributed by atoms with Gasteiger partial charge in [-0.05, 0) is 24.6 Å². The fourth-order valence-electron chi connectivity index (χ4n) is 1.06. The van der Waals surface area contributed by atoms with Crippen molar-refractivity contribution in [3.63, 3.8) is 0 Å². The van der Waals surface area contributed by atoms with Gasteiger partial charge in [-0.2, -0.15) is 0 Å². The molecular formula is C10H14ClN3O. The summed E-state index contributed by atoms with van der Waals surface area (Å²) in [6.07, 6.45) is 0. The van der Waals surface area contributed by atoms with Crippen LogP contribution in [-0.2, 0) is 0 Å². The van der Waals surface area contributed by atoms with E-state index in [1.54, 1.807) is 0 Å². The standard InChI is InChI=1S/C10H14ClN3O/c1-8-3-2-4-9(7-8)13-14-10(15)12-6-5-11/h2-4,7,13H,5-6H2,1H3,(H2,12,14,15). The van der Waals surface area contributed by atoms with E-state index in [2.05, 4.69) is 16.2 Å². The van der Waals surface area contributed by atoms with Crippen LogP contribution in [0.5, 0.6) is 0 Å². The molecule has 1 rings (SSSR count). The summed E-state index contributed by atoms with van der Waals surface area (Å²) in [6.45, 7) is 2.43. The van der Waals surface area contributed by atoms with Gasteiger partial charge in [0.25, 0.3) is 0 Å². The molecule has 0 fully saturated rings. The summed E-state index contributed by atoms with van der Waals surface area (Å²) in [5.41, 5.74) is 7.26. The minimum atomic E-state index is -0.294. The van der Waals surface area contributed by atoms with Crippen molar-refractivity contribution in [1.29, 1.82) is 0 Å². The number of nitrogens with one attached hydrogen (secondary N) is 3. The van der Waals surface area contributed by atoms with E-state index < -0.39 is 0 Å². The van der Waals surface area contributed by atoms with E-state index >= 15 is 0 Å². The van der Waals surface area contributed by atoms with Gasteiger partial charge in [0.15, 0.2) is 0 Å². The lowest BCUT2D eigenvalue weighted by atomic mass is 10.2. The Labute approximate surface area is 94.0 Å². The number of aryl methyl sites for hydroxylation is 1. The monoisotopic (exact) mass is 227 g/mol. The van der Waals surface area contributed by atoms with Crippen LogP contribution < -0.4 is 16.2 Å². The molecule has 0 aliphatic carbocycles. The second-order valence-electron chi connectivity index (χ2n) is 3.06. The molecular weight excluding hydrogens is 214 g/mol. The van der Waals surface area contributed by atoms with Crippen molar-refractivity contribution in [2.75, 3.05) is 17.9 Å². The van der Waals surface area contributed by atoms with Gasteiger partial charge in [0.2, 0.25) is 0 Å². The Hall–Kier alpha value is -1.42. The number of urea groups is 1. The molecule has 0 aliphatic rings. The number of carbonyl (C=O) groups excluding carboxylic acids is 1. The van der Waals surface area contributed by atoms with Gasteiger partial charge in [-0.15, -0.1) is 11.6 Å². The number of hydrogen-bond acceptors (Lipinski definition) is 2. The lowest BCUT2D eigenvalue weighted by Crippen LogP contribution is -2.39. The molecule has 0 saturated heterocycles. The number of halogens is 1. The van der Waals surface area contributed by atoms with Gasteiger partial charge in [0.1, 0.15) is 0 Å². The van der Waals surface area contributed by atoms with E-state index in [1.165, 1.54) is 0 Å². The SMILES string of the molecule is Cc1cccc(NNC(=O)NCCCl)c1. The Morgan fingerprint density at radius 2 is 2.27 bits per heavy atom. The van der Waals surface area contributed by atoms with Gasteiger partial charge >= 0.3 is 6.03 Å². The molecule has 0 spiro atoms. The molecule has 82 valence electrons. The highest BCUT2D eigenvalue weighted by Gasteiger charge is 1.97. The van der Waals surface area contributed by atoms with E-state index in [1.807, 2.05) is 31.2 Å². The van der Waals surface area contributed by atoms with Crippen LogP contribution in [0.4, 0.5) is 10.5 Å². The first kappa shape index (κ1) is 11.7. The molecule has 4 nitrogen and oxygen atoms in total. The molecule has 3 N–H and O–H groups in total. The highest BCUT2D eigenvalue weighted by atomic mass is 35.5. The maximum Gasteiger partial charge on any atom is 0.333 e. The summed E-state index contributed by atoms with van der Waals surface area (Å²) < 4.78 is 0. The Balaban J connectivity index is 2.33. The van der Waals surface area contributed by atoms with Crippen molar-refractivity contribution in [2.45, 2.75) is 6.92 Å². The molecule has 1 aromatic rings. The molecule has 0 aliphatic heterocycles. The van der Waals surface area contributed by atoms with Crippen molar-refractivity contribution >= 4 is 23.3 Å². The van der Waals surface area contributed by atoms with E-state index in [9.17, 15) is 4.79 Å². The third kappa shape index (κ3) is 4.56. The highest BCUT2D eigenvalue weighted by Crippen LogP contribution is 2.07. The smallest absolute Gasteiger partial charge is 0.333 e. The van der Waals surface area contributed by atoms with Gasteiger partial charge in [-0.1, -0.05) is 12.1 Å². The van der Waals surface area contributed by atoms with Crippen molar-refractivity contribution < 1.29 is 4.79 Å². The van der Waals surface area contributed by atoms with Gasteiger partial charge in [0, 0.05) is 12.4 Å². The number of alkyl halides is 1. The Morgan fingerprint density at radius 3 is 2.93 bits per heavy atom. The highest BCUT2D eigenvalue weighted by molar-refractivity contribution is 6.18. The number of benzene rings is 1. The first-order chi connectivity index (χ1) is 7.22. The zero-order valence-corrected chi connectivity index (χ0v) is 9.27. The van der Waals surface area contributed by atoms with Crippen LogP contribution in [0.15, 0.2) is 24.3 Å². The molecule has 0 atom stereocenters. The van der Waals surface area contributed by atoms with Crippen LogP contribution in [-0.4, -0.2) is 18.5 Å². The number of amides is 2. The minimum Gasteiger partial charge on any atom is -0.336 e. The first-order valence-electron chi connectivity index (χ1n) is 4.65. The lowest BCUT2D eigenvalue weighted by Gasteiger charge is -2.09. The number of hydrazine groups is 1. The van der Waals surface area contributed by atoms with E-state index in [-0.39, 0.29) is 6.03 Å².